The van der Waals surface area contributed by atoms with Crippen molar-refractivity contribution < 1.29 is 16.8 Å². The molecule has 6 heteroatoms. The minimum Gasteiger partial charge on any atom is -0.299 e. The van der Waals surface area contributed by atoms with Gasteiger partial charge in [-0.2, -0.15) is 8.42 Å². The Morgan fingerprint density at radius 1 is 0.586 bits per heavy atom. The third kappa shape index (κ3) is 8.18. The number of ketones is 1. The highest BCUT2D eigenvalue weighted by Gasteiger charge is 2.66. The van der Waals surface area contributed by atoms with Gasteiger partial charge in [-0.05, 0) is 112 Å². The standard InChI is InChI=1S/C52H78O4S2/c1-45(2,3)35-28-38(47(7,8)9)43(39(29-35)48(10,11)12)58(37-24-22-21-23-25-37,56-57(54,55)33-52-27-26-34(32-42(52)53)51(52,19)20)44-40(49(13,14)15)30-36(46(4,5)6)31-41(44)50(16,17)18/h21-25,28-31,34H,26-27,32-33H2,1-20H3. The summed E-state index contributed by atoms with van der Waals surface area (Å²) in [6.07, 6.45) is 1.87. The van der Waals surface area contributed by atoms with E-state index in [1.165, 1.54) is 11.1 Å². The summed E-state index contributed by atoms with van der Waals surface area (Å²) < 4.78 is 39.4. The molecule has 0 amide bonds. The molecule has 0 aliphatic heterocycles. The Kier molecular flexibility index (Phi) is 11.5. The molecule has 0 heterocycles. The first-order chi connectivity index (χ1) is 25.9. The number of Topliss-reactive ketones (excluding diaryl/α,β-unsaturated/α-hetero) is 1. The quantitative estimate of drug-likeness (QED) is 0.238. The van der Waals surface area contributed by atoms with E-state index in [9.17, 15) is 4.79 Å². The maximum atomic E-state index is 15.9. The molecule has 3 aromatic rings. The van der Waals surface area contributed by atoms with Crippen molar-refractivity contribution in [2.45, 2.75) is 205 Å². The molecule has 2 saturated carbocycles. The van der Waals surface area contributed by atoms with Crippen LogP contribution in [0.25, 0.3) is 0 Å². The maximum absolute atomic E-state index is 15.9. The second-order valence-electron chi connectivity index (χ2n) is 24.6. The Morgan fingerprint density at radius 2 is 0.948 bits per heavy atom. The molecule has 5 rings (SSSR count). The van der Waals surface area contributed by atoms with Gasteiger partial charge in [-0.3, -0.25) is 4.79 Å². The molecule has 0 N–H and O–H groups in total. The smallest absolute Gasteiger partial charge is 0.278 e. The molecule has 2 atom stereocenters. The summed E-state index contributed by atoms with van der Waals surface area (Å²) in [6.45, 7) is 44.8. The number of carbonyl (C=O) groups is 1. The van der Waals surface area contributed by atoms with Crippen LogP contribution in [0.5, 0.6) is 0 Å². The number of carbonyl (C=O) groups excluding carboxylic acids is 1. The molecule has 2 aliphatic rings. The fraction of sp³-hybridized carbons (Fsp3) is 0.635. The first-order valence-corrected chi connectivity index (χ1v) is 24.8. The fourth-order valence-corrected chi connectivity index (χ4v) is 17.1. The van der Waals surface area contributed by atoms with Crippen LogP contribution < -0.4 is 0 Å². The van der Waals surface area contributed by atoms with Gasteiger partial charge in [0.2, 0.25) is 0 Å². The molecule has 0 aromatic heterocycles. The zero-order valence-electron chi connectivity index (χ0n) is 40.1. The Hall–Kier alpha value is -2.41. The normalized spacial score (nSPS) is 21.2. The lowest BCUT2D eigenvalue weighted by molar-refractivity contribution is -0.128. The molecular weight excluding hydrogens is 753 g/mol. The highest BCUT2D eigenvalue weighted by Crippen LogP contribution is 2.76. The van der Waals surface area contributed by atoms with Crippen molar-refractivity contribution in [1.29, 1.82) is 0 Å². The van der Waals surface area contributed by atoms with Crippen molar-refractivity contribution in [3.8, 4) is 0 Å². The van der Waals surface area contributed by atoms with Crippen LogP contribution in [0.1, 0.15) is 191 Å². The summed E-state index contributed by atoms with van der Waals surface area (Å²) in [5.74, 6) is -0.0757. The van der Waals surface area contributed by atoms with Gasteiger partial charge in [-0.25, -0.2) is 3.63 Å². The Morgan fingerprint density at radius 3 is 1.22 bits per heavy atom. The highest BCUT2D eigenvalue weighted by molar-refractivity contribution is 8.33. The maximum Gasteiger partial charge on any atom is 0.278 e. The van der Waals surface area contributed by atoms with Crippen LogP contribution >= 0.6 is 10.3 Å². The van der Waals surface area contributed by atoms with Crippen molar-refractivity contribution in [2.24, 2.45) is 16.7 Å². The van der Waals surface area contributed by atoms with Crippen LogP contribution in [0.2, 0.25) is 0 Å². The van der Waals surface area contributed by atoms with Crippen LogP contribution in [0, 0.1) is 16.7 Å². The van der Waals surface area contributed by atoms with Crippen molar-refractivity contribution in [3.05, 3.63) is 88.0 Å². The topological polar surface area (TPSA) is 60.4 Å². The van der Waals surface area contributed by atoms with E-state index in [-0.39, 0.29) is 28.3 Å². The minimum absolute atomic E-state index is 0.0711. The summed E-state index contributed by atoms with van der Waals surface area (Å²) >= 11 is 0. The molecule has 58 heavy (non-hydrogen) atoms. The van der Waals surface area contributed by atoms with Crippen LogP contribution in [-0.4, -0.2) is 20.0 Å². The van der Waals surface area contributed by atoms with Crippen LogP contribution in [0.3, 0.4) is 0 Å². The third-order valence-electron chi connectivity index (χ3n) is 13.6. The van der Waals surface area contributed by atoms with E-state index in [4.69, 9.17) is 3.63 Å². The summed E-state index contributed by atoms with van der Waals surface area (Å²) in [4.78, 5) is 16.9. The number of fused-ring (bicyclic) bond motifs is 2. The van der Waals surface area contributed by atoms with E-state index < -0.39 is 52.9 Å². The Balaban J connectivity index is 2.17. The SMILES string of the molecule is CC(C)(C)c1cc(C(C)(C)C)c(S(OS(=O)(=O)CC23CCC(CC2=O)C3(C)C)(c2ccccc2)c2c(C(C)(C)C)cc(C(C)(C)C)cc2C(C)(C)C)c(C(C)(C)C)c1. The van der Waals surface area contributed by atoms with Crippen molar-refractivity contribution >= 4 is 26.2 Å². The monoisotopic (exact) mass is 831 g/mol. The lowest BCUT2D eigenvalue weighted by Gasteiger charge is -2.50. The molecule has 2 fully saturated rings. The zero-order chi connectivity index (χ0) is 44.3. The number of rotatable bonds is 7. The molecule has 0 radical (unpaired) electrons. The predicted molar refractivity (Wildman–Crippen MR) is 247 cm³/mol. The second-order valence-corrected chi connectivity index (χ2v) is 29.0. The van der Waals surface area contributed by atoms with Gasteiger partial charge >= 0.3 is 0 Å². The molecule has 322 valence electrons. The molecule has 3 aromatic carbocycles. The van der Waals surface area contributed by atoms with Gasteiger partial charge in [-0.1, -0.05) is 181 Å². The molecule has 2 bridgehead atoms. The minimum atomic E-state index is -4.42. The largest absolute Gasteiger partial charge is 0.299 e. The number of benzene rings is 3. The van der Waals surface area contributed by atoms with E-state index in [0.717, 1.165) is 43.4 Å². The van der Waals surface area contributed by atoms with Gasteiger partial charge in [0.05, 0.1) is 11.2 Å². The van der Waals surface area contributed by atoms with E-state index in [1.54, 1.807) is 0 Å². The van der Waals surface area contributed by atoms with E-state index in [1.807, 2.05) is 18.2 Å². The molecule has 0 spiro atoms. The van der Waals surface area contributed by atoms with Gasteiger partial charge in [-0.15, -0.1) is 0 Å². The summed E-state index contributed by atoms with van der Waals surface area (Å²) in [5.41, 5.74) is 3.35. The Labute approximate surface area is 356 Å². The summed E-state index contributed by atoms with van der Waals surface area (Å²) in [6, 6.07) is 19.7. The molecule has 2 unspecified atom stereocenters. The average Bonchev–Trinajstić information content (AvgIpc) is 3.38. The molecule has 4 nitrogen and oxygen atoms in total. The van der Waals surface area contributed by atoms with Crippen LogP contribution in [-0.2, 0) is 51.0 Å². The Bertz CT molecular complexity index is 2000. The van der Waals surface area contributed by atoms with Crippen molar-refractivity contribution in [3.63, 3.8) is 0 Å². The fourth-order valence-electron chi connectivity index (χ4n) is 9.62. The van der Waals surface area contributed by atoms with Gasteiger partial charge in [0.1, 0.15) is 5.78 Å². The van der Waals surface area contributed by atoms with Crippen LogP contribution in [0.15, 0.2) is 69.3 Å². The zero-order valence-corrected chi connectivity index (χ0v) is 41.7. The third-order valence-corrected chi connectivity index (χ3v) is 19.0. The van der Waals surface area contributed by atoms with Crippen LogP contribution in [0.4, 0.5) is 0 Å². The lowest BCUT2D eigenvalue weighted by atomic mass is 9.70. The van der Waals surface area contributed by atoms with Gasteiger partial charge in [0.15, 0.2) is 0 Å². The number of hydrogen-bond donors (Lipinski definition) is 0. The first-order valence-electron chi connectivity index (χ1n) is 21.7. The van der Waals surface area contributed by atoms with E-state index >= 15 is 8.42 Å². The summed E-state index contributed by atoms with van der Waals surface area (Å²) in [7, 11) is -7.61. The van der Waals surface area contributed by atoms with Gasteiger partial charge < -0.3 is 0 Å². The number of hydrogen-bond acceptors (Lipinski definition) is 4. The molecule has 0 saturated heterocycles. The van der Waals surface area contributed by atoms with Gasteiger partial charge in [0.25, 0.3) is 10.1 Å². The van der Waals surface area contributed by atoms with E-state index in [0.29, 0.717) is 12.8 Å². The lowest BCUT2D eigenvalue weighted by Crippen LogP contribution is -2.43. The first kappa shape index (κ1) is 46.7. The summed E-state index contributed by atoms with van der Waals surface area (Å²) in [5, 5.41) is 0. The molecule has 2 aliphatic carbocycles. The molecular formula is C52H78O4S2. The van der Waals surface area contributed by atoms with E-state index in [2.05, 4.69) is 175 Å². The van der Waals surface area contributed by atoms with Crippen molar-refractivity contribution in [2.75, 3.05) is 5.75 Å². The second kappa shape index (κ2) is 14.3. The van der Waals surface area contributed by atoms with Crippen molar-refractivity contribution in [1.82, 2.24) is 0 Å². The highest BCUT2D eigenvalue weighted by atomic mass is 32.3. The predicted octanol–water partition coefficient (Wildman–Crippen LogP) is 14.4. The van der Waals surface area contributed by atoms with Gasteiger partial charge in [0, 0.05) is 21.1 Å². The average molecular weight is 831 g/mol.